The van der Waals surface area contributed by atoms with Crippen LogP contribution in [0.5, 0.6) is 11.5 Å². The highest BCUT2D eigenvalue weighted by molar-refractivity contribution is 6.34. The molecule has 0 fully saturated rings. The summed E-state index contributed by atoms with van der Waals surface area (Å²) in [6.45, 7) is 2.15. The zero-order valence-corrected chi connectivity index (χ0v) is 13.6. The molecular weight excluding hydrogens is 330 g/mol. The predicted molar refractivity (Wildman–Crippen MR) is 91.1 cm³/mol. The van der Waals surface area contributed by atoms with Gasteiger partial charge in [0.05, 0.1) is 11.6 Å². The summed E-state index contributed by atoms with van der Waals surface area (Å²) in [6.07, 6.45) is 1.61. The van der Waals surface area contributed by atoms with E-state index in [2.05, 4.69) is 5.32 Å². The van der Waals surface area contributed by atoms with E-state index in [-0.39, 0.29) is 16.5 Å². The topological polar surface area (TPSA) is 75.6 Å². The number of aromatic hydroxyl groups is 1. The molecule has 2 aromatic carbocycles. The van der Waals surface area contributed by atoms with Gasteiger partial charge in [0.25, 0.3) is 11.8 Å². The monoisotopic (exact) mass is 343 g/mol. The summed E-state index contributed by atoms with van der Waals surface area (Å²) in [5.41, 5.74) is 1.90. The van der Waals surface area contributed by atoms with Crippen LogP contribution in [0.4, 0.5) is 0 Å². The standard InChI is InChI=1S/C18H14ClNO4/c1-2-24-15-9-10(8-14(19)16(15)21)7-13-11-5-3-4-6-12(11)17(22)20-18(13)23/h3-9,21H,2H2,1H3,(H,20,22,23)/b13-7+. The first-order chi connectivity index (χ1) is 11.5. The molecule has 0 saturated carbocycles. The summed E-state index contributed by atoms with van der Waals surface area (Å²) >= 11 is 6.02. The quantitative estimate of drug-likeness (QED) is 0.662. The van der Waals surface area contributed by atoms with Gasteiger partial charge in [0.15, 0.2) is 11.5 Å². The van der Waals surface area contributed by atoms with Gasteiger partial charge >= 0.3 is 0 Å². The predicted octanol–water partition coefficient (Wildman–Crippen LogP) is 3.25. The molecule has 1 aliphatic heterocycles. The molecule has 122 valence electrons. The minimum absolute atomic E-state index is 0.119. The third-order valence-corrected chi connectivity index (χ3v) is 3.88. The highest BCUT2D eigenvalue weighted by Crippen LogP contribution is 2.36. The Morgan fingerprint density at radius 2 is 1.88 bits per heavy atom. The summed E-state index contributed by atoms with van der Waals surface area (Å²) in [4.78, 5) is 24.1. The molecule has 5 nitrogen and oxygen atoms in total. The first-order valence-corrected chi connectivity index (χ1v) is 7.71. The van der Waals surface area contributed by atoms with Gasteiger partial charge in [-0.1, -0.05) is 29.8 Å². The average molecular weight is 344 g/mol. The number of ether oxygens (including phenoxy) is 1. The maximum absolute atomic E-state index is 12.2. The SMILES string of the molecule is CCOc1cc(/C=C2/C(=O)NC(=O)c3ccccc32)cc(Cl)c1O. The number of carbonyl (C=O) groups is 2. The molecule has 0 atom stereocenters. The second-order valence-corrected chi connectivity index (χ2v) is 5.58. The highest BCUT2D eigenvalue weighted by Gasteiger charge is 2.26. The Morgan fingerprint density at radius 1 is 1.17 bits per heavy atom. The number of phenols is 1. The normalized spacial score (nSPS) is 15.2. The molecule has 24 heavy (non-hydrogen) atoms. The molecule has 1 heterocycles. The van der Waals surface area contributed by atoms with Crippen LogP contribution in [-0.4, -0.2) is 23.5 Å². The van der Waals surface area contributed by atoms with Crippen LogP contribution in [-0.2, 0) is 4.79 Å². The second-order valence-electron chi connectivity index (χ2n) is 5.17. The fourth-order valence-corrected chi connectivity index (χ4v) is 2.75. The third-order valence-electron chi connectivity index (χ3n) is 3.60. The summed E-state index contributed by atoms with van der Waals surface area (Å²) in [6, 6.07) is 9.97. The molecule has 0 unspecified atom stereocenters. The first kappa shape index (κ1) is 16.1. The Morgan fingerprint density at radius 3 is 2.58 bits per heavy atom. The zero-order valence-electron chi connectivity index (χ0n) is 12.8. The number of halogens is 1. The molecule has 0 saturated heterocycles. The van der Waals surface area contributed by atoms with Crippen LogP contribution in [0.1, 0.15) is 28.4 Å². The van der Waals surface area contributed by atoms with Gasteiger partial charge in [0, 0.05) is 11.1 Å². The number of nitrogens with one attached hydrogen (secondary N) is 1. The molecule has 0 aliphatic carbocycles. The van der Waals surface area contributed by atoms with Crippen LogP contribution in [0.25, 0.3) is 11.6 Å². The van der Waals surface area contributed by atoms with Gasteiger partial charge in [-0.2, -0.15) is 0 Å². The van der Waals surface area contributed by atoms with Crippen LogP contribution < -0.4 is 10.1 Å². The van der Waals surface area contributed by atoms with E-state index in [1.807, 2.05) is 0 Å². The Balaban J connectivity index is 2.13. The number of rotatable bonds is 3. The van der Waals surface area contributed by atoms with E-state index in [1.165, 1.54) is 6.07 Å². The lowest BCUT2D eigenvalue weighted by Gasteiger charge is -2.18. The molecule has 2 aromatic rings. The summed E-state index contributed by atoms with van der Waals surface area (Å²) in [7, 11) is 0. The van der Waals surface area contributed by atoms with E-state index in [1.54, 1.807) is 43.3 Å². The van der Waals surface area contributed by atoms with Crippen molar-refractivity contribution in [1.29, 1.82) is 0 Å². The smallest absolute Gasteiger partial charge is 0.258 e. The number of hydrogen-bond donors (Lipinski definition) is 2. The van der Waals surface area contributed by atoms with Gasteiger partial charge < -0.3 is 9.84 Å². The Bertz CT molecular complexity index is 873. The van der Waals surface area contributed by atoms with Crippen molar-refractivity contribution in [2.75, 3.05) is 6.61 Å². The lowest BCUT2D eigenvalue weighted by Crippen LogP contribution is -2.36. The number of phenolic OH excluding ortho intramolecular Hbond substituents is 1. The minimum Gasteiger partial charge on any atom is -0.503 e. The summed E-state index contributed by atoms with van der Waals surface area (Å²) < 4.78 is 5.34. The first-order valence-electron chi connectivity index (χ1n) is 7.33. The molecular formula is C18H14ClNO4. The number of carbonyl (C=O) groups excluding carboxylic acids is 2. The molecule has 1 aliphatic rings. The fourth-order valence-electron chi connectivity index (χ4n) is 2.53. The Labute approximate surface area is 143 Å². The van der Waals surface area contributed by atoms with Crippen molar-refractivity contribution in [2.45, 2.75) is 6.92 Å². The van der Waals surface area contributed by atoms with Crippen molar-refractivity contribution in [3.05, 3.63) is 58.1 Å². The number of hydrogen-bond acceptors (Lipinski definition) is 4. The Hall–Kier alpha value is -2.79. The molecule has 3 rings (SSSR count). The van der Waals surface area contributed by atoms with E-state index < -0.39 is 11.8 Å². The van der Waals surface area contributed by atoms with Crippen molar-refractivity contribution in [1.82, 2.24) is 5.32 Å². The highest BCUT2D eigenvalue weighted by atomic mass is 35.5. The van der Waals surface area contributed by atoms with E-state index in [4.69, 9.17) is 16.3 Å². The minimum atomic E-state index is -0.485. The van der Waals surface area contributed by atoms with Crippen LogP contribution in [0.15, 0.2) is 36.4 Å². The number of fused-ring (bicyclic) bond motifs is 1. The van der Waals surface area contributed by atoms with E-state index in [0.717, 1.165) is 0 Å². The molecule has 6 heteroatoms. The summed E-state index contributed by atoms with van der Waals surface area (Å²) in [5.74, 6) is -0.825. The number of imide groups is 1. The van der Waals surface area contributed by atoms with Crippen molar-refractivity contribution in [3.8, 4) is 11.5 Å². The van der Waals surface area contributed by atoms with E-state index in [9.17, 15) is 14.7 Å². The maximum Gasteiger partial charge on any atom is 0.258 e. The second kappa shape index (κ2) is 6.37. The number of benzene rings is 2. The molecule has 0 aromatic heterocycles. The molecule has 2 amide bonds. The van der Waals surface area contributed by atoms with Gasteiger partial charge in [0.2, 0.25) is 0 Å². The molecule has 0 spiro atoms. The van der Waals surface area contributed by atoms with E-state index >= 15 is 0 Å². The van der Waals surface area contributed by atoms with Crippen LogP contribution in [0, 0.1) is 0 Å². The fraction of sp³-hybridized carbons (Fsp3) is 0.111. The van der Waals surface area contributed by atoms with Gasteiger partial charge in [-0.05, 0) is 42.3 Å². The molecule has 2 N–H and O–H groups in total. The number of amides is 2. The van der Waals surface area contributed by atoms with Gasteiger partial charge in [0.1, 0.15) is 0 Å². The third kappa shape index (κ3) is 2.86. The van der Waals surface area contributed by atoms with Crippen molar-refractivity contribution in [3.63, 3.8) is 0 Å². The van der Waals surface area contributed by atoms with Crippen LogP contribution in [0.2, 0.25) is 5.02 Å². The molecule has 0 bridgehead atoms. The van der Waals surface area contributed by atoms with Crippen molar-refractivity contribution < 1.29 is 19.4 Å². The van der Waals surface area contributed by atoms with Gasteiger partial charge in [-0.15, -0.1) is 0 Å². The van der Waals surface area contributed by atoms with Crippen molar-refractivity contribution in [2.24, 2.45) is 0 Å². The van der Waals surface area contributed by atoms with Crippen molar-refractivity contribution >= 4 is 35.1 Å². The largest absolute Gasteiger partial charge is 0.503 e. The van der Waals surface area contributed by atoms with E-state index in [0.29, 0.717) is 28.9 Å². The van der Waals surface area contributed by atoms with Crippen LogP contribution >= 0.6 is 11.6 Å². The molecule has 0 radical (unpaired) electrons. The zero-order chi connectivity index (χ0) is 17.3. The lowest BCUT2D eigenvalue weighted by atomic mass is 9.93. The van der Waals surface area contributed by atoms with Gasteiger partial charge in [-0.3, -0.25) is 14.9 Å². The van der Waals surface area contributed by atoms with Gasteiger partial charge in [-0.25, -0.2) is 0 Å². The van der Waals surface area contributed by atoms with Crippen LogP contribution in [0.3, 0.4) is 0 Å². The summed E-state index contributed by atoms with van der Waals surface area (Å²) in [5, 5.41) is 12.3. The average Bonchev–Trinajstić information content (AvgIpc) is 2.56. The Kier molecular flexibility index (Phi) is 4.27. The maximum atomic E-state index is 12.2. The lowest BCUT2D eigenvalue weighted by molar-refractivity contribution is -0.114.